The Morgan fingerprint density at radius 2 is 1.89 bits per heavy atom. The van der Waals surface area contributed by atoms with Crippen LogP contribution in [0, 0.1) is 0 Å². The molecule has 2 rings (SSSR count). The van der Waals surface area contributed by atoms with Gasteiger partial charge in [-0.2, -0.15) is 0 Å². The maximum atomic E-state index is 8.40. The van der Waals surface area contributed by atoms with Crippen LogP contribution >= 0.6 is 27.5 Å². The van der Waals surface area contributed by atoms with E-state index < -0.39 is 0 Å². The first-order valence-corrected chi connectivity index (χ1v) is 6.26. The van der Waals surface area contributed by atoms with Crippen LogP contribution in [-0.2, 0) is 0 Å². The third-order valence-electron chi connectivity index (χ3n) is 2.21. The minimum atomic E-state index is 0.533. The van der Waals surface area contributed by atoms with Gasteiger partial charge in [0.05, 0.1) is 11.2 Å². The van der Waals surface area contributed by atoms with Gasteiger partial charge in [-0.1, -0.05) is 32.7 Å². The van der Waals surface area contributed by atoms with E-state index in [0.29, 0.717) is 16.5 Å². The predicted molar refractivity (Wildman–Crippen MR) is 75.0 cm³/mol. The van der Waals surface area contributed by atoms with Crippen LogP contribution in [0.5, 0.6) is 11.5 Å². The summed E-state index contributed by atoms with van der Waals surface area (Å²) in [6.45, 7) is 0. The maximum absolute atomic E-state index is 8.40. The molecule has 0 atom stereocenters. The third-order valence-corrected chi connectivity index (χ3v) is 3.00. The monoisotopic (exact) mass is 325 g/mol. The van der Waals surface area contributed by atoms with Crippen molar-refractivity contribution >= 4 is 33.7 Å². The van der Waals surface area contributed by atoms with Gasteiger partial charge < -0.3 is 9.94 Å². The van der Waals surface area contributed by atoms with Crippen LogP contribution in [0.4, 0.5) is 0 Å². The molecule has 5 heteroatoms. The normalized spacial score (nSPS) is 10.8. The largest absolute Gasteiger partial charge is 0.456 e. The van der Waals surface area contributed by atoms with Crippen molar-refractivity contribution in [1.29, 1.82) is 0 Å². The Hall–Kier alpha value is -1.52. The molecule has 2 aromatic carbocycles. The molecule has 0 heterocycles. The number of ether oxygens (including phenoxy) is 1. The Labute approximate surface area is 118 Å². The van der Waals surface area contributed by atoms with Gasteiger partial charge in [-0.3, -0.25) is 0 Å². The SMILES string of the molecule is ON=Cc1ccc(Oc2ccc(Br)cc2Cl)cc1. The minimum Gasteiger partial charge on any atom is -0.456 e. The molecule has 0 amide bonds. The number of rotatable bonds is 3. The lowest BCUT2D eigenvalue weighted by atomic mass is 10.2. The van der Waals surface area contributed by atoms with E-state index in [4.69, 9.17) is 21.5 Å². The Morgan fingerprint density at radius 3 is 2.50 bits per heavy atom. The van der Waals surface area contributed by atoms with Crippen molar-refractivity contribution < 1.29 is 9.94 Å². The maximum Gasteiger partial charge on any atom is 0.146 e. The molecule has 92 valence electrons. The van der Waals surface area contributed by atoms with Crippen molar-refractivity contribution in [2.45, 2.75) is 0 Å². The van der Waals surface area contributed by atoms with Crippen molar-refractivity contribution in [3.63, 3.8) is 0 Å². The second kappa shape index (κ2) is 5.89. The van der Waals surface area contributed by atoms with Crippen molar-refractivity contribution in [2.75, 3.05) is 0 Å². The molecule has 0 aliphatic rings. The van der Waals surface area contributed by atoms with E-state index in [-0.39, 0.29) is 0 Å². The van der Waals surface area contributed by atoms with Crippen molar-refractivity contribution in [3.05, 3.63) is 57.5 Å². The molecule has 2 aromatic rings. The van der Waals surface area contributed by atoms with Gasteiger partial charge >= 0.3 is 0 Å². The highest BCUT2D eigenvalue weighted by atomic mass is 79.9. The van der Waals surface area contributed by atoms with Gasteiger partial charge in [0.2, 0.25) is 0 Å². The molecular weight excluding hydrogens is 318 g/mol. The zero-order valence-corrected chi connectivity index (χ0v) is 11.5. The molecule has 3 nitrogen and oxygen atoms in total. The quantitative estimate of drug-likeness (QED) is 0.504. The Bertz CT molecular complexity index is 570. The van der Waals surface area contributed by atoms with Crippen LogP contribution in [0.15, 0.2) is 52.1 Å². The van der Waals surface area contributed by atoms with E-state index in [1.807, 2.05) is 6.07 Å². The van der Waals surface area contributed by atoms with Gasteiger partial charge in [0, 0.05) is 4.47 Å². The second-order valence-electron chi connectivity index (χ2n) is 3.49. The van der Waals surface area contributed by atoms with Crippen LogP contribution in [-0.4, -0.2) is 11.4 Å². The van der Waals surface area contributed by atoms with Crippen LogP contribution in [0.25, 0.3) is 0 Å². The zero-order valence-electron chi connectivity index (χ0n) is 9.18. The molecular formula is C13H9BrClNO2. The summed E-state index contributed by atoms with van der Waals surface area (Å²) >= 11 is 9.38. The fraction of sp³-hybridized carbons (Fsp3) is 0. The predicted octanol–water partition coefficient (Wildman–Crippen LogP) is 4.70. The first-order valence-electron chi connectivity index (χ1n) is 5.09. The zero-order chi connectivity index (χ0) is 13.0. The van der Waals surface area contributed by atoms with E-state index in [2.05, 4.69) is 21.1 Å². The highest BCUT2D eigenvalue weighted by Crippen LogP contribution is 2.31. The molecule has 0 aliphatic heterocycles. The number of halogens is 2. The summed E-state index contributed by atoms with van der Waals surface area (Å²) in [5, 5.41) is 11.9. The van der Waals surface area contributed by atoms with Gasteiger partial charge in [-0.15, -0.1) is 0 Å². The Morgan fingerprint density at radius 1 is 1.17 bits per heavy atom. The van der Waals surface area contributed by atoms with Gasteiger partial charge in [-0.05, 0) is 48.0 Å². The fourth-order valence-corrected chi connectivity index (χ4v) is 2.09. The number of oxime groups is 1. The molecule has 0 radical (unpaired) electrons. The summed E-state index contributed by atoms with van der Waals surface area (Å²) in [5.41, 5.74) is 0.784. The van der Waals surface area contributed by atoms with E-state index >= 15 is 0 Å². The standard InChI is InChI=1S/C13H9BrClNO2/c14-10-3-6-13(12(15)7-10)18-11-4-1-9(2-5-11)8-16-17/h1-8,17H. The van der Waals surface area contributed by atoms with E-state index in [1.54, 1.807) is 36.4 Å². The number of hydrogen-bond donors (Lipinski definition) is 1. The smallest absolute Gasteiger partial charge is 0.146 e. The Balaban J connectivity index is 2.18. The van der Waals surface area contributed by atoms with Crippen molar-refractivity contribution in [3.8, 4) is 11.5 Å². The van der Waals surface area contributed by atoms with Crippen LogP contribution < -0.4 is 4.74 Å². The lowest BCUT2D eigenvalue weighted by molar-refractivity contribution is 0.322. The number of hydrogen-bond acceptors (Lipinski definition) is 3. The van der Waals surface area contributed by atoms with Gasteiger partial charge in [0.15, 0.2) is 0 Å². The number of nitrogens with zero attached hydrogens (tertiary/aromatic N) is 1. The summed E-state index contributed by atoms with van der Waals surface area (Å²) < 4.78 is 6.54. The van der Waals surface area contributed by atoms with E-state index in [0.717, 1.165) is 10.0 Å². The van der Waals surface area contributed by atoms with Crippen LogP contribution in [0.1, 0.15) is 5.56 Å². The minimum absolute atomic E-state index is 0.533. The molecule has 0 aromatic heterocycles. The highest BCUT2D eigenvalue weighted by molar-refractivity contribution is 9.10. The number of benzene rings is 2. The average molecular weight is 327 g/mol. The van der Waals surface area contributed by atoms with Crippen LogP contribution in [0.3, 0.4) is 0 Å². The highest BCUT2D eigenvalue weighted by Gasteiger charge is 2.03. The van der Waals surface area contributed by atoms with Gasteiger partial charge in [-0.25, -0.2) is 0 Å². The lowest BCUT2D eigenvalue weighted by Crippen LogP contribution is -1.86. The average Bonchev–Trinajstić information content (AvgIpc) is 2.35. The molecule has 0 fully saturated rings. The molecule has 0 aliphatic carbocycles. The summed E-state index contributed by atoms with van der Waals surface area (Å²) in [7, 11) is 0. The summed E-state index contributed by atoms with van der Waals surface area (Å²) in [6, 6.07) is 12.5. The lowest BCUT2D eigenvalue weighted by Gasteiger charge is -2.07. The summed E-state index contributed by atoms with van der Waals surface area (Å²) in [6.07, 6.45) is 1.34. The van der Waals surface area contributed by atoms with Gasteiger partial charge in [0.1, 0.15) is 11.5 Å². The second-order valence-corrected chi connectivity index (χ2v) is 4.81. The molecule has 1 N–H and O–H groups in total. The van der Waals surface area contributed by atoms with Crippen molar-refractivity contribution in [2.24, 2.45) is 5.16 Å². The molecule has 0 unspecified atom stereocenters. The molecule has 0 bridgehead atoms. The summed E-state index contributed by atoms with van der Waals surface area (Å²) in [4.78, 5) is 0. The van der Waals surface area contributed by atoms with Crippen molar-refractivity contribution in [1.82, 2.24) is 0 Å². The fourth-order valence-electron chi connectivity index (χ4n) is 1.37. The molecule has 0 saturated heterocycles. The summed E-state index contributed by atoms with van der Waals surface area (Å²) in [5.74, 6) is 1.25. The Kier molecular flexibility index (Phi) is 4.23. The first kappa shape index (κ1) is 12.9. The molecule has 0 saturated carbocycles. The molecule has 0 spiro atoms. The molecule has 18 heavy (non-hydrogen) atoms. The topological polar surface area (TPSA) is 41.8 Å². The first-order chi connectivity index (χ1) is 8.69. The van der Waals surface area contributed by atoms with Gasteiger partial charge in [0.25, 0.3) is 0 Å². The third kappa shape index (κ3) is 3.24. The van der Waals surface area contributed by atoms with E-state index in [9.17, 15) is 0 Å². The van der Waals surface area contributed by atoms with E-state index in [1.165, 1.54) is 6.21 Å². The van der Waals surface area contributed by atoms with Crippen LogP contribution in [0.2, 0.25) is 5.02 Å².